The van der Waals surface area contributed by atoms with Gasteiger partial charge in [0.05, 0.1) is 30.9 Å². The molecule has 0 aliphatic heterocycles. The molecule has 0 saturated carbocycles. The lowest BCUT2D eigenvalue weighted by atomic mass is 10.2. The van der Waals surface area contributed by atoms with Gasteiger partial charge in [-0.2, -0.15) is 0 Å². The maximum atomic E-state index is 13.1. The number of nitrogens with one attached hydrogen (secondary N) is 1. The van der Waals surface area contributed by atoms with Crippen LogP contribution in [0.25, 0.3) is 11.0 Å². The van der Waals surface area contributed by atoms with Crippen LogP contribution in [-0.4, -0.2) is 21.6 Å². The van der Waals surface area contributed by atoms with Crippen molar-refractivity contribution in [2.45, 2.75) is 13.1 Å². The molecule has 0 spiro atoms. The standard InChI is InChI=1S/C22H20N4O2/c1-28-18-9-5-8-17(12-18)13-24-21-22(27)26(15-16-6-3-2-4-7-16)20-14-23-11-10-19(20)25-21/h2-12,14H,13,15H2,1H3,(H,24,25). The van der Waals surface area contributed by atoms with Gasteiger partial charge >= 0.3 is 0 Å². The maximum Gasteiger partial charge on any atom is 0.294 e. The maximum absolute atomic E-state index is 13.1. The molecule has 4 aromatic rings. The third-order valence-electron chi connectivity index (χ3n) is 4.53. The Morgan fingerprint density at radius 3 is 2.68 bits per heavy atom. The van der Waals surface area contributed by atoms with E-state index in [2.05, 4.69) is 15.3 Å². The fourth-order valence-electron chi connectivity index (χ4n) is 3.09. The fraction of sp³-hybridized carbons (Fsp3) is 0.136. The Bertz CT molecular complexity index is 1160. The molecule has 0 fully saturated rings. The van der Waals surface area contributed by atoms with Crippen molar-refractivity contribution in [2.75, 3.05) is 12.4 Å². The van der Waals surface area contributed by atoms with Crippen molar-refractivity contribution in [3.8, 4) is 5.75 Å². The topological polar surface area (TPSA) is 69.0 Å². The van der Waals surface area contributed by atoms with Crippen molar-refractivity contribution in [1.29, 1.82) is 0 Å². The number of aromatic nitrogens is 3. The first-order valence-electron chi connectivity index (χ1n) is 9.00. The van der Waals surface area contributed by atoms with Crippen molar-refractivity contribution < 1.29 is 4.74 Å². The summed E-state index contributed by atoms with van der Waals surface area (Å²) in [7, 11) is 1.63. The zero-order chi connectivity index (χ0) is 19.3. The number of fused-ring (bicyclic) bond motifs is 1. The second kappa shape index (κ2) is 7.92. The number of anilines is 1. The predicted octanol–water partition coefficient (Wildman–Crippen LogP) is 3.46. The average molecular weight is 372 g/mol. The molecule has 0 aliphatic carbocycles. The van der Waals surface area contributed by atoms with Gasteiger partial charge in [-0.05, 0) is 29.3 Å². The van der Waals surface area contributed by atoms with Gasteiger partial charge in [0.25, 0.3) is 5.56 Å². The molecule has 2 heterocycles. The van der Waals surface area contributed by atoms with Crippen molar-refractivity contribution in [2.24, 2.45) is 0 Å². The van der Waals surface area contributed by atoms with E-state index in [4.69, 9.17) is 4.74 Å². The Balaban J connectivity index is 1.70. The van der Waals surface area contributed by atoms with E-state index < -0.39 is 0 Å². The largest absolute Gasteiger partial charge is 0.497 e. The third kappa shape index (κ3) is 3.71. The average Bonchev–Trinajstić information content (AvgIpc) is 2.75. The zero-order valence-corrected chi connectivity index (χ0v) is 15.5. The van der Waals surface area contributed by atoms with Gasteiger partial charge in [-0.25, -0.2) is 4.98 Å². The quantitative estimate of drug-likeness (QED) is 0.561. The van der Waals surface area contributed by atoms with Crippen LogP contribution >= 0.6 is 0 Å². The zero-order valence-electron chi connectivity index (χ0n) is 15.5. The third-order valence-corrected chi connectivity index (χ3v) is 4.53. The van der Waals surface area contributed by atoms with Gasteiger partial charge in [0.15, 0.2) is 5.82 Å². The van der Waals surface area contributed by atoms with Crippen molar-refractivity contribution in [1.82, 2.24) is 14.5 Å². The van der Waals surface area contributed by atoms with E-state index in [1.54, 1.807) is 24.1 Å². The van der Waals surface area contributed by atoms with E-state index in [0.717, 1.165) is 22.4 Å². The SMILES string of the molecule is COc1cccc(CNc2nc3ccncc3n(Cc3ccccc3)c2=O)c1. The van der Waals surface area contributed by atoms with E-state index in [0.29, 0.717) is 24.4 Å². The van der Waals surface area contributed by atoms with Crippen LogP contribution in [0.2, 0.25) is 0 Å². The molecule has 0 bridgehead atoms. The Morgan fingerprint density at radius 1 is 1.04 bits per heavy atom. The minimum Gasteiger partial charge on any atom is -0.497 e. The van der Waals surface area contributed by atoms with Gasteiger partial charge in [-0.1, -0.05) is 42.5 Å². The molecule has 1 N–H and O–H groups in total. The van der Waals surface area contributed by atoms with Crippen LogP contribution in [0, 0.1) is 0 Å². The highest BCUT2D eigenvalue weighted by Crippen LogP contribution is 2.15. The summed E-state index contributed by atoms with van der Waals surface area (Å²) in [5, 5.41) is 3.18. The number of hydrogen-bond donors (Lipinski definition) is 1. The van der Waals surface area contributed by atoms with Crippen molar-refractivity contribution >= 4 is 16.9 Å². The van der Waals surface area contributed by atoms with Crippen LogP contribution in [0.15, 0.2) is 77.9 Å². The van der Waals surface area contributed by atoms with E-state index in [1.807, 2.05) is 60.7 Å². The fourth-order valence-corrected chi connectivity index (χ4v) is 3.09. The summed E-state index contributed by atoms with van der Waals surface area (Å²) in [5.74, 6) is 1.09. The van der Waals surface area contributed by atoms with Crippen LogP contribution in [0.1, 0.15) is 11.1 Å². The summed E-state index contributed by atoms with van der Waals surface area (Å²) < 4.78 is 6.96. The highest BCUT2D eigenvalue weighted by atomic mass is 16.5. The summed E-state index contributed by atoms with van der Waals surface area (Å²) >= 11 is 0. The monoisotopic (exact) mass is 372 g/mol. The minimum atomic E-state index is -0.174. The van der Waals surface area contributed by atoms with Gasteiger partial charge in [0, 0.05) is 12.7 Å². The molecule has 0 radical (unpaired) electrons. The van der Waals surface area contributed by atoms with Gasteiger partial charge in [0.1, 0.15) is 5.75 Å². The van der Waals surface area contributed by atoms with E-state index in [1.165, 1.54) is 0 Å². The number of benzene rings is 2. The summed E-state index contributed by atoms with van der Waals surface area (Å²) in [4.78, 5) is 21.8. The number of rotatable bonds is 6. The van der Waals surface area contributed by atoms with E-state index in [9.17, 15) is 4.79 Å². The molecule has 28 heavy (non-hydrogen) atoms. The smallest absolute Gasteiger partial charge is 0.294 e. The summed E-state index contributed by atoms with van der Waals surface area (Å²) in [6.07, 6.45) is 3.36. The first kappa shape index (κ1) is 17.7. The molecule has 0 atom stereocenters. The number of hydrogen-bond acceptors (Lipinski definition) is 5. The Kier molecular flexibility index (Phi) is 5.01. The Morgan fingerprint density at radius 2 is 1.86 bits per heavy atom. The number of pyridine rings is 1. The molecule has 6 heteroatoms. The predicted molar refractivity (Wildman–Crippen MR) is 110 cm³/mol. The van der Waals surface area contributed by atoms with Crippen LogP contribution in [0.4, 0.5) is 5.82 Å². The first-order chi connectivity index (χ1) is 13.7. The summed E-state index contributed by atoms with van der Waals surface area (Å²) in [5.41, 5.74) is 3.30. The van der Waals surface area contributed by atoms with Gasteiger partial charge in [-0.15, -0.1) is 0 Å². The molecular formula is C22H20N4O2. The highest BCUT2D eigenvalue weighted by molar-refractivity contribution is 5.75. The van der Waals surface area contributed by atoms with Crippen LogP contribution in [-0.2, 0) is 13.1 Å². The van der Waals surface area contributed by atoms with Crippen molar-refractivity contribution in [3.63, 3.8) is 0 Å². The Labute approximate surface area is 162 Å². The molecule has 4 rings (SSSR count). The van der Waals surface area contributed by atoms with E-state index in [-0.39, 0.29) is 5.56 Å². The van der Waals surface area contributed by atoms with Crippen LogP contribution < -0.4 is 15.6 Å². The lowest BCUT2D eigenvalue weighted by Crippen LogP contribution is -2.26. The first-order valence-corrected chi connectivity index (χ1v) is 9.00. The molecule has 0 aliphatic rings. The van der Waals surface area contributed by atoms with Crippen molar-refractivity contribution in [3.05, 3.63) is 94.5 Å². The van der Waals surface area contributed by atoms with E-state index >= 15 is 0 Å². The highest BCUT2D eigenvalue weighted by Gasteiger charge is 2.11. The molecule has 2 aromatic carbocycles. The second-order valence-corrected chi connectivity index (χ2v) is 6.41. The summed E-state index contributed by atoms with van der Waals surface area (Å²) in [6.45, 7) is 0.930. The molecule has 140 valence electrons. The molecule has 0 unspecified atom stereocenters. The number of nitrogens with zero attached hydrogens (tertiary/aromatic N) is 3. The molecular weight excluding hydrogens is 352 g/mol. The Hall–Kier alpha value is -3.67. The lowest BCUT2D eigenvalue weighted by molar-refractivity contribution is 0.414. The van der Waals surface area contributed by atoms with Crippen LogP contribution in [0.3, 0.4) is 0 Å². The molecule has 0 saturated heterocycles. The lowest BCUT2D eigenvalue weighted by Gasteiger charge is -2.13. The summed E-state index contributed by atoms with van der Waals surface area (Å²) in [6, 6.07) is 19.4. The number of ether oxygens (including phenoxy) is 1. The van der Waals surface area contributed by atoms with Gasteiger partial charge in [-0.3, -0.25) is 14.3 Å². The normalized spacial score (nSPS) is 10.8. The van der Waals surface area contributed by atoms with Gasteiger partial charge in [0.2, 0.25) is 0 Å². The minimum absolute atomic E-state index is 0.174. The molecule has 2 aromatic heterocycles. The molecule has 6 nitrogen and oxygen atoms in total. The second-order valence-electron chi connectivity index (χ2n) is 6.41. The van der Waals surface area contributed by atoms with Gasteiger partial charge < -0.3 is 10.1 Å². The number of methoxy groups -OCH3 is 1. The van der Waals surface area contributed by atoms with Crippen LogP contribution in [0.5, 0.6) is 5.75 Å². The molecule has 0 amide bonds.